The Labute approximate surface area is 157 Å². The molecule has 1 amide bonds. The minimum Gasteiger partial charge on any atom is -0.351 e. The first-order valence-corrected chi connectivity index (χ1v) is 9.06. The van der Waals surface area contributed by atoms with E-state index in [1.54, 1.807) is 10.9 Å². The molecule has 6 heteroatoms. The van der Waals surface area contributed by atoms with Gasteiger partial charge in [-0.3, -0.25) is 4.79 Å². The lowest BCUT2D eigenvalue weighted by Gasteiger charge is -2.06. The van der Waals surface area contributed by atoms with Gasteiger partial charge in [0.05, 0.1) is 12.7 Å². The van der Waals surface area contributed by atoms with Crippen molar-refractivity contribution in [3.8, 4) is 0 Å². The Hall–Kier alpha value is -3.41. The van der Waals surface area contributed by atoms with Gasteiger partial charge in [0.25, 0.3) is 5.91 Å². The summed E-state index contributed by atoms with van der Waals surface area (Å²) in [6, 6.07) is 20.4. The summed E-state index contributed by atoms with van der Waals surface area (Å²) in [5, 5.41) is 12.2. The third-order valence-corrected chi connectivity index (χ3v) is 4.50. The Morgan fingerprint density at radius 2 is 1.81 bits per heavy atom. The number of nitrogens with one attached hydrogen (secondary N) is 1. The predicted octanol–water partition coefficient (Wildman–Crippen LogP) is 3.10. The molecule has 27 heavy (non-hydrogen) atoms. The van der Waals surface area contributed by atoms with Gasteiger partial charge in [-0.05, 0) is 29.5 Å². The number of fused-ring (bicyclic) bond motifs is 1. The zero-order valence-electron chi connectivity index (χ0n) is 15.0. The highest BCUT2D eigenvalue weighted by Crippen LogP contribution is 2.15. The van der Waals surface area contributed by atoms with E-state index in [-0.39, 0.29) is 5.91 Å². The van der Waals surface area contributed by atoms with Crippen molar-refractivity contribution in [2.75, 3.05) is 6.54 Å². The van der Waals surface area contributed by atoms with Crippen molar-refractivity contribution in [1.29, 1.82) is 0 Å². The molecule has 0 spiro atoms. The Morgan fingerprint density at radius 1 is 1.00 bits per heavy atom. The van der Waals surface area contributed by atoms with Gasteiger partial charge in [0.2, 0.25) is 0 Å². The number of nitrogens with zero attached hydrogens (tertiary/aromatic N) is 4. The molecular formula is C21H21N5O. The smallest absolute Gasteiger partial charge is 0.273 e. The van der Waals surface area contributed by atoms with Crippen molar-refractivity contribution in [2.24, 2.45) is 0 Å². The number of para-hydroxylation sites is 1. The van der Waals surface area contributed by atoms with Crippen molar-refractivity contribution in [1.82, 2.24) is 24.9 Å². The number of benzene rings is 2. The maximum absolute atomic E-state index is 12.3. The van der Waals surface area contributed by atoms with Crippen molar-refractivity contribution >= 4 is 16.8 Å². The van der Waals surface area contributed by atoms with Gasteiger partial charge in [0.15, 0.2) is 5.69 Å². The molecule has 0 aliphatic carbocycles. The molecular weight excluding hydrogens is 338 g/mol. The van der Waals surface area contributed by atoms with E-state index in [1.807, 2.05) is 42.5 Å². The molecule has 4 aromatic rings. The van der Waals surface area contributed by atoms with Crippen LogP contribution in [-0.4, -0.2) is 32.0 Å². The fourth-order valence-corrected chi connectivity index (χ4v) is 3.13. The molecule has 0 saturated carbocycles. The molecule has 0 radical (unpaired) electrons. The summed E-state index contributed by atoms with van der Waals surface area (Å²) in [4.78, 5) is 12.3. The van der Waals surface area contributed by atoms with Crippen LogP contribution in [0.5, 0.6) is 0 Å². The third kappa shape index (κ3) is 4.06. The molecule has 2 aromatic heterocycles. The molecule has 0 atom stereocenters. The number of hydrogen-bond acceptors (Lipinski definition) is 3. The fourth-order valence-electron chi connectivity index (χ4n) is 3.13. The molecule has 136 valence electrons. The summed E-state index contributed by atoms with van der Waals surface area (Å²) in [5.74, 6) is -0.188. The van der Waals surface area contributed by atoms with Gasteiger partial charge in [0, 0.05) is 24.8 Å². The Balaban J connectivity index is 1.27. The minimum absolute atomic E-state index is 0.188. The van der Waals surface area contributed by atoms with Crippen molar-refractivity contribution in [3.63, 3.8) is 0 Å². The molecule has 0 fully saturated rings. The summed E-state index contributed by atoms with van der Waals surface area (Å²) in [7, 11) is 0. The monoisotopic (exact) mass is 359 g/mol. The van der Waals surface area contributed by atoms with Crippen LogP contribution in [0, 0.1) is 0 Å². The second-order valence-corrected chi connectivity index (χ2v) is 6.46. The van der Waals surface area contributed by atoms with Crippen LogP contribution in [0.15, 0.2) is 73.1 Å². The fraction of sp³-hybridized carbons (Fsp3) is 0.190. The van der Waals surface area contributed by atoms with Gasteiger partial charge in [-0.15, -0.1) is 5.10 Å². The van der Waals surface area contributed by atoms with Crippen LogP contribution >= 0.6 is 0 Å². The van der Waals surface area contributed by atoms with E-state index >= 15 is 0 Å². The summed E-state index contributed by atoms with van der Waals surface area (Å²) < 4.78 is 3.88. The zero-order chi connectivity index (χ0) is 18.5. The number of aryl methyl sites for hydroxylation is 1. The maximum atomic E-state index is 12.3. The maximum Gasteiger partial charge on any atom is 0.273 e. The molecule has 6 nitrogen and oxygen atoms in total. The topological polar surface area (TPSA) is 64.7 Å². The highest BCUT2D eigenvalue weighted by Gasteiger charge is 2.10. The second kappa shape index (κ2) is 7.86. The molecule has 0 aliphatic heterocycles. The standard InChI is InChI=1S/C21H21N5O/c27-21(19-16-26(24-23-19)15-17-7-2-1-3-8-17)22-12-6-13-25-14-11-18-9-4-5-10-20(18)25/h1-5,7-11,14,16H,6,12-13,15H2,(H,22,27). The third-order valence-electron chi connectivity index (χ3n) is 4.50. The molecule has 2 heterocycles. The Kier molecular flexibility index (Phi) is 4.96. The molecule has 1 N–H and O–H groups in total. The molecule has 0 unspecified atom stereocenters. The van der Waals surface area contributed by atoms with Crippen LogP contribution in [0.25, 0.3) is 10.9 Å². The van der Waals surface area contributed by atoms with E-state index in [2.05, 4.69) is 44.6 Å². The van der Waals surface area contributed by atoms with Gasteiger partial charge in [-0.25, -0.2) is 4.68 Å². The van der Waals surface area contributed by atoms with Crippen molar-refractivity contribution < 1.29 is 4.79 Å². The van der Waals surface area contributed by atoms with E-state index in [9.17, 15) is 4.79 Å². The summed E-state index contributed by atoms with van der Waals surface area (Å²) in [6.45, 7) is 2.05. The highest BCUT2D eigenvalue weighted by atomic mass is 16.2. The van der Waals surface area contributed by atoms with Gasteiger partial charge in [-0.2, -0.15) is 0 Å². The summed E-state index contributed by atoms with van der Waals surface area (Å²) in [5.41, 5.74) is 2.68. The lowest BCUT2D eigenvalue weighted by Crippen LogP contribution is -2.25. The van der Waals surface area contributed by atoms with Gasteiger partial charge >= 0.3 is 0 Å². The summed E-state index contributed by atoms with van der Waals surface area (Å²) in [6.07, 6.45) is 4.62. The number of carbonyl (C=O) groups excluding carboxylic acids is 1. The number of carbonyl (C=O) groups is 1. The van der Waals surface area contributed by atoms with Gasteiger partial charge < -0.3 is 9.88 Å². The van der Waals surface area contributed by atoms with Crippen LogP contribution in [0.3, 0.4) is 0 Å². The second-order valence-electron chi connectivity index (χ2n) is 6.46. The van der Waals surface area contributed by atoms with Crippen LogP contribution < -0.4 is 5.32 Å². The number of rotatable bonds is 7. The van der Waals surface area contributed by atoms with Crippen LogP contribution in [-0.2, 0) is 13.1 Å². The molecule has 4 rings (SSSR count). The Morgan fingerprint density at radius 3 is 2.70 bits per heavy atom. The molecule has 0 aliphatic rings. The lowest BCUT2D eigenvalue weighted by molar-refractivity contribution is 0.0947. The van der Waals surface area contributed by atoms with E-state index in [0.717, 1.165) is 18.5 Å². The minimum atomic E-state index is -0.188. The van der Waals surface area contributed by atoms with Crippen LogP contribution in [0.4, 0.5) is 0 Å². The Bertz CT molecular complexity index is 1030. The van der Waals surface area contributed by atoms with Crippen molar-refractivity contribution in [2.45, 2.75) is 19.5 Å². The number of hydrogen-bond donors (Lipinski definition) is 1. The highest BCUT2D eigenvalue weighted by molar-refractivity contribution is 5.91. The first-order valence-electron chi connectivity index (χ1n) is 9.06. The average molecular weight is 359 g/mol. The zero-order valence-corrected chi connectivity index (χ0v) is 15.0. The van der Waals surface area contributed by atoms with E-state index in [4.69, 9.17) is 0 Å². The lowest BCUT2D eigenvalue weighted by atomic mass is 10.2. The molecule has 0 saturated heterocycles. The first kappa shape index (κ1) is 17.0. The van der Waals surface area contributed by atoms with Crippen LogP contribution in [0.2, 0.25) is 0 Å². The van der Waals surface area contributed by atoms with Gasteiger partial charge in [0.1, 0.15) is 0 Å². The molecule has 2 aromatic carbocycles. The van der Waals surface area contributed by atoms with E-state index in [0.29, 0.717) is 18.8 Å². The number of amides is 1. The number of aromatic nitrogens is 4. The normalized spacial score (nSPS) is 11.0. The summed E-state index contributed by atoms with van der Waals surface area (Å²) >= 11 is 0. The van der Waals surface area contributed by atoms with E-state index in [1.165, 1.54) is 10.9 Å². The molecule has 0 bridgehead atoms. The predicted molar refractivity (Wildman–Crippen MR) is 104 cm³/mol. The first-order chi connectivity index (χ1) is 13.3. The SMILES string of the molecule is O=C(NCCCn1ccc2ccccc21)c1cn(Cc2ccccc2)nn1. The van der Waals surface area contributed by atoms with Gasteiger partial charge in [-0.1, -0.05) is 53.7 Å². The van der Waals surface area contributed by atoms with Crippen LogP contribution in [0.1, 0.15) is 22.5 Å². The quantitative estimate of drug-likeness (QED) is 0.516. The largest absolute Gasteiger partial charge is 0.351 e. The van der Waals surface area contributed by atoms with E-state index < -0.39 is 0 Å². The average Bonchev–Trinajstić information content (AvgIpc) is 3.33. The van der Waals surface area contributed by atoms with Crippen molar-refractivity contribution in [3.05, 3.63) is 84.3 Å².